The Morgan fingerprint density at radius 1 is 1.00 bits per heavy atom. The maximum Gasteiger partial charge on any atom is 0.313 e. The van der Waals surface area contributed by atoms with Crippen molar-refractivity contribution in [1.82, 2.24) is 5.32 Å². The van der Waals surface area contributed by atoms with E-state index in [0.29, 0.717) is 25.4 Å². The van der Waals surface area contributed by atoms with E-state index in [1.807, 2.05) is 50.2 Å². The van der Waals surface area contributed by atoms with Crippen molar-refractivity contribution in [2.45, 2.75) is 32.1 Å². The predicted molar refractivity (Wildman–Crippen MR) is 106 cm³/mol. The molecule has 0 aliphatic carbocycles. The van der Waals surface area contributed by atoms with E-state index in [4.69, 9.17) is 4.74 Å². The van der Waals surface area contributed by atoms with Crippen LogP contribution in [0.5, 0.6) is 0 Å². The van der Waals surface area contributed by atoms with E-state index >= 15 is 0 Å². The van der Waals surface area contributed by atoms with Crippen LogP contribution in [-0.4, -0.2) is 31.6 Å². The lowest BCUT2D eigenvalue weighted by molar-refractivity contribution is -0.136. The molecule has 2 aromatic rings. The minimum absolute atomic E-state index is 0.200. The number of nitrogens with one attached hydrogen (secondary N) is 2. The fraction of sp³-hybridized carbons (Fsp3) is 0.364. The third-order valence-electron chi connectivity index (χ3n) is 5.27. The summed E-state index contributed by atoms with van der Waals surface area (Å²) >= 11 is 0. The first-order chi connectivity index (χ1) is 13.0. The van der Waals surface area contributed by atoms with Crippen LogP contribution in [0.4, 0.5) is 5.69 Å². The lowest BCUT2D eigenvalue weighted by atomic mass is 9.74. The van der Waals surface area contributed by atoms with Crippen LogP contribution in [0, 0.1) is 13.8 Å². The number of hydrogen-bond acceptors (Lipinski definition) is 3. The van der Waals surface area contributed by atoms with E-state index < -0.39 is 11.8 Å². The first kappa shape index (κ1) is 19.1. The number of carbonyl (C=O) groups is 2. The van der Waals surface area contributed by atoms with Gasteiger partial charge in [-0.3, -0.25) is 9.59 Å². The van der Waals surface area contributed by atoms with E-state index in [-0.39, 0.29) is 5.41 Å². The molecular formula is C22H26N2O3. The highest BCUT2D eigenvalue weighted by Crippen LogP contribution is 2.34. The molecule has 5 heteroatoms. The van der Waals surface area contributed by atoms with E-state index in [1.54, 1.807) is 0 Å². The predicted octanol–water partition coefficient (Wildman–Crippen LogP) is 3.11. The average molecular weight is 366 g/mol. The van der Waals surface area contributed by atoms with Crippen molar-refractivity contribution in [3.05, 3.63) is 65.2 Å². The molecule has 1 saturated heterocycles. The molecular weight excluding hydrogens is 340 g/mol. The van der Waals surface area contributed by atoms with Gasteiger partial charge in [0.25, 0.3) is 0 Å². The summed E-state index contributed by atoms with van der Waals surface area (Å²) in [7, 11) is 0. The Bertz CT molecular complexity index is 812. The van der Waals surface area contributed by atoms with Crippen LogP contribution in [0.2, 0.25) is 0 Å². The van der Waals surface area contributed by atoms with Gasteiger partial charge < -0.3 is 15.4 Å². The summed E-state index contributed by atoms with van der Waals surface area (Å²) in [6, 6.07) is 15.9. The Kier molecular flexibility index (Phi) is 5.91. The van der Waals surface area contributed by atoms with Crippen molar-refractivity contribution in [2.24, 2.45) is 0 Å². The molecule has 3 rings (SSSR count). The highest BCUT2D eigenvalue weighted by atomic mass is 16.5. The van der Waals surface area contributed by atoms with Crippen LogP contribution < -0.4 is 10.6 Å². The monoisotopic (exact) mass is 366 g/mol. The minimum atomic E-state index is -0.640. The van der Waals surface area contributed by atoms with Gasteiger partial charge >= 0.3 is 11.8 Å². The van der Waals surface area contributed by atoms with Gasteiger partial charge in [0, 0.05) is 30.9 Å². The fourth-order valence-electron chi connectivity index (χ4n) is 3.50. The second-order valence-corrected chi connectivity index (χ2v) is 7.21. The number of benzene rings is 2. The molecule has 2 amide bonds. The van der Waals surface area contributed by atoms with Crippen molar-refractivity contribution in [2.75, 3.05) is 25.1 Å². The molecule has 1 aliphatic rings. The lowest BCUT2D eigenvalue weighted by Crippen LogP contribution is -2.47. The summed E-state index contributed by atoms with van der Waals surface area (Å²) < 4.78 is 5.51. The topological polar surface area (TPSA) is 67.4 Å². The second kappa shape index (κ2) is 8.35. The molecule has 0 atom stereocenters. The Hall–Kier alpha value is -2.66. The molecule has 5 nitrogen and oxygen atoms in total. The van der Waals surface area contributed by atoms with Crippen LogP contribution in [0.15, 0.2) is 48.5 Å². The van der Waals surface area contributed by atoms with Crippen LogP contribution >= 0.6 is 0 Å². The van der Waals surface area contributed by atoms with Gasteiger partial charge in [-0.1, -0.05) is 42.5 Å². The molecule has 2 N–H and O–H groups in total. The second-order valence-electron chi connectivity index (χ2n) is 7.21. The average Bonchev–Trinajstić information content (AvgIpc) is 2.70. The number of rotatable bonds is 4. The van der Waals surface area contributed by atoms with E-state index in [2.05, 4.69) is 22.8 Å². The molecule has 2 aromatic carbocycles. The molecule has 0 radical (unpaired) electrons. The Morgan fingerprint density at radius 2 is 1.70 bits per heavy atom. The van der Waals surface area contributed by atoms with Crippen molar-refractivity contribution in [1.29, 1.82) is 0 Å². The zero-order valence-electron chi connectivity index (χ0n) is 15.9. The van der Waals surface area contributed by atoms with Crippen molar-refractivity contribution in [3.8, 4) is 0 Å². The van der Waals surface area contributed by atoms with Gasteiger partial charge in [-0.25, -0.2) is 0 Å². The largest absolute Gasteiger partial charge is 0.381 e. The molecule has 0 aromatic heterocycles. The molecule has 0 bridgehead atoms. The number of hydrogen-bond donors (Lipinski definition) is 2. The number of ether oxygens (including phenoxy) is 1. The SMILES string of the molecule is Cc1ccc(C)c(NC(=O)C(=O)NCC2(c3ccccc3)CCOCC2)c1. The number of aryl methyl sites for hydroxylation is 2. The summed E-state index contributed by atoms with van der Waals surface area (Å²) in [4.78, 5) is 24.7. The van der Waals surface area contributed by atoms with Gasteiger partial charge in [0.2, 0.25) is 0 Å². The summed E-state index contributed by atoms with van der Waals surface area (Å²) in [6.07, 6.45) is 1.63. The van der Waals surface area contributed by atoms with Crippen LogP contribution in [0.3, 0.4) is 0 Å². The maximum absolute atomic E-state index is 12.4. The smallest absolute Gasteiger partial charge is 0.313 e. The van der Waals surface area contributed by atoms with Gasteiger partial charge in [-0.2, -0.15) is 0 Å². The highest BCUT2D eigenvalue weighted by molar-refractivity contribution is 6.39. The summed E-state index contributed by atoms with van der Waals surface area (Å²) in [5, 5.41) is 5.55. The molecule has 1 heterocycles. The first-order valence-corrected chi connectivity index (χ1v) is 9.30. The van der Waals surface area contributed by atoms with Crippen molar-refractivity contribution in [3.63, 3.8) is 0 Å². The summed E-state index contributed by atoms with van der Waals surface area (Å²) in [5.74, 6) is -1.25. The van der Waals surface area contributed by atoms with Crippen LogP contribution in [0.25, 0.3) is 0 Å². The normalized spacial score (nSPS) is 15.8. The Labute approximate surface area is 160 Å². The van der Waals surface area contributed by atoms with Crippen LogP contribution in [-0.2, 0) is 19.7 Å². The quantitative estimate of drug-likeness (QED) is 0.817. The van der Waals surface area contributed by atoms with Crippen LogP contribution in [0.1, 0.15) is 29.5 Å². The molecule has 0 spiro atoms. The van der Waals surface area contributed by atoms with Gasteiger partial charge in [0.15, 0.2) is 0 Å². The number of anilines is 1. The Morgan fingerprint density at radius 3 is 2.41 bits per heavy atom. The first-order valence-electron chi connectivity index (χ1n) is 9.30. The third-order valence-corrected chi connectivity index (χ3v) is 5.27. The standard InChI is InChI=1S/C22H26N2O3/c1-16-8-9-17(2)19(14-16)24-21(26)20(25)23-15-22(10-12-27-13-11-22)18-6-4-3-5-7-18/h3-9,14H,10-13,15H2,1-2H3,(H,23,25)(H,24,26). The van der Waals surface area contributed by atoms with Gasteiger partial charge in [-0.05, 0) is 49.4 Å². The highest BCUT2D eigenvalue weighted by Gasteiger charge is 2.35. The molecule has 1 fully saturated rings. The molecule has 1 aliphatic heterocycles. The Balaban J connectivity index is 1.67. The number of amides is 2. The maximum atomic E-state index is 12.4. The fourth-order valence-corrected chi connectivity index (χ4v) is 3.50. The van der Waals surface area contributed by atoms with Crippen molar-refractivity contribution < 1.29 is 14.3 Å². The zero-order valence-corrected chi connectivity index (χ0v) is 15.9. The van der Waals surface area contributed by atoms with E-state index in [1.165, 1.54) is 5.56 Å². The summed E-state index contributed by atoms with van der Waals surface area (Å²) in [6.45, 7) is 5.57. The van der Waals surface area contributed by atoms with E-state index in [0.717, 1.165) is 24.0 Å². The molecule has 0 saturated carbocycles. The zero-order chi connectivity index (χ0) is 19.3. The van der Waals surface area contributed by atoms with Gasteiger partial charge in [0.1, 0.15) is 0 Å². The van der Waals surface area contributed by atoms with E-state index in [9.17, 15) is 9.59 Å². The lowest BCUT2D eigenvalue weighted by Gasteiger charge is -2.37. The molecule has 27 heavy (non-hydrogen) atoms. The van der Waals surface area contributed by atoms with Crippen molar-refractivity contribution >= 4 is 17.5 Å². The third kappa shape index (κ3) is 4.55. The minimum Gasteiger partial charge on any atom is -0.381 e. The molecule has 142 valence electrons. The number of carbonyl (C=O) groups excluding carboxylic acids is 2. The summed E-state index contributed by atoms with van der Waals surface area (Å²) in [5.41, 5.74) is 3.59. The van der Waals surface area contributed by atoms with Gasteiger partial charge in [0.05, 0.1) is 0 Å². The molecule has 0 unspecified atom stereocenters. The van der Waals surface area contributed by atoms with Gasteiger partial charge in [-0.15, -0.1) is 0 Å².